The monoisotopic (exact) mass is 275 g/mol. The first-order valence-corrected chi connectivity index (χ1v) is 6.37. The molecule has 6 nitrogen and oxygen atoms in total. The Bertz CT molecular complexity index is 511. The number of epoxide rings is 1. The van der Waals surface area contributed by atoms with E-state index in [1.165, 1.54) is 0 Å². The van der Waals surface area contributed by atoms with Gasteiger partial charge < -0.3 is 14.0 Å². The highest BCUT2D eigenvalue weighted by molar-refractivity contribution is 6.53. The molecule has 2 heterocycles. The van der Waals surface area contributed by atoms with E-state index >= 15 is 0 Å². The van der Waals surface area contributed by atoms with Crippen molar-refractivity contribution >= 4 is 19.1 Å². The van der Waals surface area contributed by atoms with Crippen molar-refractivity contribution in [3.05, 3.63) is 35.9 Å². The van der Waals surface area contributed by atoms with Crippen molar-refractivity contribution < 1.29 is 23.6 Å². The van der Waals surface area contributed by atoms with Crippen LogP contribution in [0.1, 0.15) is 5.56 Å². The quantitative estimate of drug-likeness (QED) is 0.557. The summed E-state index contributed by atoms with van der Waals surface area (Å²) < 4.78 is 16.0. The standard InChI is InChI=1S/C13H14BNO5/c1-15-7-11(16)19-14(20-12(17)8-15)13(9-18-13)10-5-3-2-4-6-10/h2-6H,7-9H2,1H3. The molecule has 0 saturated carbocycles. The summed E-state index contributed by atoms with van der Waals surface area (Å²) >= 11 is 0. The molecule has 0 aliphatic carbocycles. The fraction of sp³-hybridized carbons (Fsp3) is 0.385. The third-order valence-corrected chi connectivity index (χ3v) is 3.37. The molecule has 7 heteroatoms. The second kappa shape index (κ2) is 4.92. The number of nitrogens with zero attached hydrogens (tertiary/aromatic N) is 1. The van der Waals surface area contributed by atoms with Gasteiger partial charge in [-0.1, -0.05) is 30.3 Å². The summed E-state index contributed by atoms with van der Waals surface area (Å²) in [6.45, 7) is 0.463. The molecule has 1 aromatic carbocycles. The molecule has 0 bridgehead atoms. The molecule has 3 rings (SSSR count). The van der Waals surface area contributed by atoms with E-state index in [4.69, 9.17) is 14.0 Å². The maximum atomic E-state index is 11.8. The fourth-order valence-corrected chi connectivity index (χ4v) is 2.26. The van der Waals surface area contributed by atoms with E-state index in [1.54, 1.807) is 11.9 Å². The number of carbonyl (C=O) groups is 2. The largest absolute Gasteiger partial charge is 0.640 e. The second-order valence-electron chi connectivity index (χ2n) is 5.03. The molecule has 20 heavy (non-hydrogen) atoms. The molecule has 2 fully saturated rings. The minimum Gasteiger partial charge on any atom is -0.496 e. The summed E-state index contributed by atoms with van der Waals surface area (Å²) in [6.07, 6.45) is 0. The number of benzene rings is 1. The van der Waals surface area contributed by atoms with Gasteiger partial charge in [0.25, 0.3) is 0 Å². The van der Waals surface area contributed by atoms with Gasteiger partial charge in [-0.15, -0.1) is 0 Å². The van der Waals surface area contributed by atoms with Gasteiger partial charge in [0.1, 0.15) is 0 Å². The minimum absolute atomic E-state index is 0.0521. The Morgan fingerprint density at radius 2 is 1.65 bits per heavy atom. The Kier molecular flexibility index (Phi) is 3.23. The van der Waals surface area contributed by atoms with Crippen molar-refractivity contribution in [2.24, 2.45) is 0 Å². The van der Waals surface area contributed by atoms with Crippen LogP contribution in [-0.4, -0.2) is 50.7 Å². The molecule has 0 amide bonds. The molecule has 1 aromatic rings. The van der Waals surface area contributed by atoms with Gasteiger partial charge in [0, 0.05) is 0 Å². The number of rotatable bonds is 2. The molecule has 0 aromatic heterocycles. The van der Waals surface area contributed by atoms with Crippen molar-refractivity contribution in [1.29, 1.82) is 0 Å². The molecule has 1 atom stereocenters. The average Bonchev–Trinajstić information content (AvgIpc) is 3.18. The predicted molar refractivity (Wildman–Crippen MR) is 69.5 cm³/mol. The maximum Gasteiger partial charge on any atom is 0.640 e. The molecule has 0 spiro atoms. The summed E-state index contributed by atoms with van der Waals surface area (Å²) in [5.74, 6) is -0.869. The number of carbonyl (C=O) groups excluding carboxylic acids is 2. The van der Waals surface area contributed by atoms with E-state index in [9.17, 15) is 9.59 Å². The third kappa shape index (κ3) is 2.42. The lowest BCUT2D eigenvalue weighted by atomic mass is 9.67. The highest BCUT2D eigenvalue weighted by Crippen LogP contribution is 2.42. The van der Waals surface area contributed by atoms with Crippen LogP contribution in [0.5, 0.6) is 0 Å². The van der Waals surface area contributed by atoms with Gasteiger partial charge in [-0.2, -0.15) is 0 Å². The summed E-state index contributed by atoms with van der Waals surface area (Å²) in [5, 5.41) is 0. The average molecular weight is 275 g/mol. The number of hydrogen-bond acceptors (Lipinski definition) is 6. The Hall–Kier alpha value is -1.86. The van der Waals surface area contributed by atoms with E-state index in [1.807, 2.05) is 30.3 Å². The smallest absolute Gasteiger partial charge is 0.496 e. The SMILES string of the molecule is CN1CC(=O)OB(C2(c3ccccc3)CO2)OC(=O)C1. The van der Waals surface area contributed by atoms with Gasteiger partial charge in [0.05, 0.1) is 19.7 Å². The molecule has 2 aliphatic heterocycles. The van der Waals surface area contributed by atoms with Crippen LogP contribution in [0.2, 0.25) is 0 Å². The third-order valence-electron chi connectivity index (χ3n) is 3.37. The number of hydrogen-bond donors (Lipinski definition) is 0. The lowest BCUT2D eigenvalue weighted by Crippen LogP contribution is -2.48. The number of likely N-dealkylation sites (N-methyl/N-ethyl adjacent to an activating group) is 1. The molecule has 104 valence electrons. The van der Waals surface area contributed by atoms with Crippen molar-refractivity contribution in [3.8, 4) is 0 Å². The molecular weight excluding hydrogens is 261 g/mol. The van der Waals surface area contributed by atoms with Crippen molar-refractivity contribution in [3.63, 3.8) is 0 Å². The lowest BCUT2D eigenvalue weighted by molar-refractivity contribution is -0.146. The van der Waals surface area contributed by atoms with Crippen LogP contribution in [0.15, 0.2) is 30.3 Å². The summed E-state index contributed by atoms with van der Waals surface area (Å²) in [5.41, 5.74) is -0.0257. The number of ether oxygens (including phenoxy) is 1. The molecule has 1 unspecified atom stereocenters. The summed E-state index contributed by atoms with van der Waals surface area (Å²) in [7, 11) is 0.627. The minimum atomic E-state index is -1.03. The van der Waals surface area contributed by atoms with Crippen LogP contribution >= 0.6 is 0 Å². The zero-order chi connectivity index (χ0) is 14.2. The Labute approximate surface area is 116 Å². The highest BCUT2D eigenvalue weighted by atomic mass is 16.7. The Morgan fingerprint density at radius 3 is 2.15 bits per heavy atom. The Morgan fingerprint density at radius 1 is 1.10 bits per heavy atom. The van der Waals surface area contributed by atoms with Gasteiger partial charge in [0.2, 0.25) is 0 Å². The fourth-order valence-electron chi connectivity index (χ4n) is 2.26. The highest BCUT2D eigenvalue weighted by Gasteiger charge is 2.64. The van der Waals surface area contributed by atoms with E-state index < -0.39 is 24.6 Å². The summed E-state index contributed by atoms with van der Waals surface area (Å²) in [4.78, 5) is 25.1. The van der Waals surface area contributed by atoms with Gasteiger partial charge in [-0.25, -0.2) is 0 Å². The van der Waals surface area contributed by atoms with Crippen LogP contribution in [-0.2, 0) is 29.1 Å². The molecule has 0 radical (unpaired) electrons. The van der Waals surface area contributed by atoms with E-state index in [-0.39, 0.29) is 13.1 Å². The van der Waals surface area contributed by atoms with Crippen molar-refractivity contribution in [2.45, 2.75) is 5.50 Å². The van der Waals surface area contributed by atoms with Gasteiger partial charge in [0.15, 0.2) is 5.50 Å². The zero-order valence-electron chi connectivity index (χ0n) is 11.1. The first kappa shape index (κ1) is 13.1. The first-order chi connectivity index (χ1) is 9.60. The van der Waals surface area contributed by atoms with Crippen LogP contribution in [0.4, 0.5) is 0 Å². The van der Waals surface area contributed by atoms with E-state index in [0.717, 1.165) is 5.56 Å². The molecule has 2 aliphatic rings. The van der Waals surface area contributed by atoms with Crippen LogP contribution in [0.3, 0.4) is 0 Å². The van der Waals surface area contributed by atoms with Crippen LogP contribution < -0.4 is 0 Å². The van der Waals surface area contributed by atoms with E-state index in [0.29, 0.717) is 6.61 Å². The molecule has 0 N–H and O–H groups in total. The maximum absolute atomic E-state index is 11.8. The molecular formula is C13H14BNO5. The summed E-state index contributed by atoms with van der Waals surface area (Å²) in [6, 6.07) is 9.32. The Balaban J connectivity index is 1.85. The first-order valence-electron chi connectivity index (χ1n) is 6.37. The van der Waals surface area contributed by atoms with Crippen molar-refractivity contribution in [2.75, 3.05) is 26.7 Å². The van der Waals surface area contributed by atoms with Gasteiger partial charge >= 0.3 is 19.1 Å². The van der Waals surface area contributed by atoms with Crippen LogP contribution in [0, 0.1) is 0 Å². The van der Waals surface area contributed by atoms with Crippen molar-refractivity contribution in [1.82, 2.24) is 4.90 Å². The molecule has 2 saturated heterocycles. The predicted octanol–water partition coefficient (Wildman–Crippen LogP) is -0.0287. The lowest BCUT2D eigenvalue weighted by Gasteiger charge is -2.25. The topological polar surface area (TPSA) is 68.4 Å². The van der Waals surface area contributed by atoms with Crippen LogP contribution in [0.25, 0.3) is 0 Å². The van der Waals surface area contributed by atoms with E-state index in [2.05, 4.69) is 0 Å². The normalized spacial score (nSPS) is 27.4. The van der Waals surface area contributed by atoms with Gasteiger partial charge in [-0.3, -0.25) is 14.5 Å². The second-order valence-corrected chi connectivity index (χ2v) is 5.03. The zero-order valence-corrected chi connectivity index (χ0v) is 11.1. The van der Waals surface area contributed by atoms with Gasteiger partial charge in [-0.05, 0) is 12.6 Å².